The second-order valence-electron chi connectivity index (χ2n) is 2.93. The van der Waals surface area contributed by atoms with Crippen molar-refractivity contribution in [2.75, 3.05) is 13.2 Å². The topological polar surface area (TPSA) is 84.9 Å². The van der Waals surface area contributed by atoms with Gasteiger partial charge in [-0.2, -0.15) is 0 Å². The Bertz CT molecular complexity index is 409. The van der Waals surface area contributed by atoms with Crippen molar-refractivity contribution in [1.29, 1.82) is 0 Å². The monoisotopic (exact) mass is 259 g/mol. The van der Waals surface area contributed by atoms with Crippen LogP contribution in [-0.4, -0.2) is 30.2 Å². The lowest BCUT2D eigenvalue weighted by molar-refractivity contribution is -0.149. The molecule has 2 N–H and O–H groups in total. The number of hydrogen-bond acceptors (Lipinski definition) is 4. The molecule has 17 heavy (non-hydrogen) atoms. The van der Waals surface area contributed by atoms with E-state index < -0.39 is 18.5 Å². The number of ether oxygens (including phenoxy) is 1. The number of carbonyl (C=O) groups is 2. The second-order valence-corrected chi connectivity index (χ2v) is 3.33. The molecule has 0 aromatic heterocycles. The van der Waals surface area contributed by atoms with Crippen molar-refractivity contribution in [3.8, 4) is 5.75 Å². The van der Waals surface area contributed by atoms with Crippen LogP contribution >= 0.6 is 11.6 Å². The molecule has 6 nitrogen and oxygen atoms in total. The SMILES string of the molecule is O=C(O)CONC(=O)COc1ccccc1Cl. The van der Waals surface area contributed by atoms with E-state index >= 15 is 0 Å². The van der Waals surface area contributed by atoms with E-state index in [0.717, 1.165) is 0 Å². The van der Waals surface area contributed by atoms with Gasteiger partial charge in [0.25, 0.3) is 5.91 Å². The average molecular weight is 260 g/mol. The van der Waals surface area contributed by atoms with Crippen LogP contribution in [0.2, 0.25) is 5.02 Å². The number of carboxylic acids is 1. The van der Waals surface area contributed by atoms with Crippen LogP contribution in [0.1, 0.15) is 0 Å². The minimum atomic E-state index is -1.18. The molecule has 0 aliphatic rings. The first kappa shape index (κ1) is 13.3. The van der Waals surface area contributed by atoms with E-state index in [4.69, 9.17) is 21.4 Å². The van der Waals surface area contributed by atoms with Crippen LogP contribution in [0.25, 0.3) is 0 Å². The molecule has 0 radical (unpaired) electrons. The Kier molecular flexibility index (Phi) is 5.25. The number of amides is 1. The molecule has 1 rings (SSSR count). The summed E-state index contributed by atoms with van der Waals surface area (Å²) in [7, 11) is 0. The summed E-state index contributed by atoms with van der Waals surface area (Å²) >= 11 is 5.79. The molecule has 0 saturated carbocycles. The Morgan fingerprint density at radius 2 is 2.00 bits per heavy atom. The predicted octanol–water partition coefficient (Wildman–Crippen LogP) is 0.851. The normalized spacial score (nSPS) is 9.71. The molecule has 1 aromatic rings. The van der Waals surface area contributed by atoms with E-state index in [-0.39, 0.29) is 6.61 Å². The van der Waals surface area contributed by atoms with Gasteiger partial charge in [-0.25, -0.2) is 10.3 Å². The molecule has 0 spiro atoms. The van der Waals surface area contributed by atoms with Gasteiger partial charge in [0.1, 0.15) is 5.75 Å². The Labute approximate surface area is 102 Å². The van der Waals surface area contributed by atoms with Crippen LogP contribution in [0.15, 0.2) is 24.3 Å². The van der Waals surface area contributed by atoms with Crippen molar-refractivity contribution in [3.05, 3.63) is 29.3 Å². The third kappa shape index (κ3) is 5.19. The number of benzene rings is 1. The van der Waals surface area contributed by atoms with Crippen LogP contribution in [-0.2, 0) is 14.4 Å². The molecule has 0 heterocycles. The zero-order chi connectivity index (χ0) is 12.7. The fourth-order valence-corrected chi connectivity index (χ4v) is 1.10. The molecule has 0 atom stereocenters. The Balaban J connectivity index is 2.29. The number of carboxylic acid groups (broad SMARTS) is 1. The molecule has 0 aliphatic heterocycles. The number of nitrogens with one attached hydrogen (secondary N) is 1. The first-order chi connectivity index (χ1) is 8.09. The number of para-hydroxylation sites is 1. The van der Waals surface area contributed by atoms with Crippen molar-refractivity contribution < 1.29 is 24.3 Å². The van der Waals surface area contributed by atoms with Gasteiger partial charge in [0.05, 0.1) is 5.02 Å². The Morgan fingerprint density at radius 3 is 2.65 bits per heavy atom. The van der Waals surface area contributed by atoms with E-state index in [1.54, 1.807) is 24.3 Å². The van der Waals surface area contributed by atoms with Crippen molar-refractivity contribution in [2.45, 2.75) is 0 Å². The summed E-state index contributed by atoms with van der Waals surface area (Å²) in [5, 5.41) is 8.63. The molecular weight excluding hydrogens is 250 g/mol. The van der Waals surface area contributed by atoms with Crippen LogP contribution in [0.3, 0.4) is 0 Å². The third-order valence-electron chi connectivity index (χ3n) is 1.58. The summed E-state index contributed by atoms with van der Waals surface area (Å²) < 4.78 is 5.08. The van der Waals surface area contributed by atoms with E-state index in [9.17, 15) is 9.59 Å². The highest BCUT2D eigenvalue weighted by atomic mass is 35.5. The number of hydroxylamine groups is 1. The fourth-order valence-electron chi connectivity index (χ4n) is 0.913. The van der Waals surface area contributed by atoms with Gasteiger partial charge in [-0.1, -0.05) is 23.7 Å². The molecule has 0 saturated heterocycles. The van der Waals surface area contributed by atoms with Gasteiger partial charge in [-0.05, 0) is 12.1 Å². The van der Waals surface area contributed by atoms with Crippen LogP contribution in [0, 0.1) is 0 Å². The van der Waals surface area contributed by atoms with E-state index in [2.05, 4.69) is 4.84 Å². The van der Waals surface area contributed by atoms with Crippen LogP contribution in [0.5, 0.6) is 5.75 Å². The highest BCUT2D eigenvalue weighted by Crippen LogP contribution is 2.22. The van der Waals surface area contributed by atoms with Crippen LogP contribution in [0.4, 0.5) is 0 Å². The van der Waals surface area contributed by atoms with Crippen LogP contribution < -0.4 is 10.2 Å². The lowest BCUT2D eigenvalue weighted by Gasteiger charge is -2.07. The van der Waals surface area contributed by atoms with Crippen molar-refractivity contribution in [2.24, 2.45) is 0 Å². The van der Waals surface area contributed by atoms with E-state index in [1.165, 1.54) is 0 Å². The molecule has 7 heteroatoms. The largest absolute Gasteiger partial charge is 0.482 e. The number of rotatable bonds is 6. The zero-order valence-corrected chi connectivity index (χ0v) is 9.44. The lowest BCUT2D eigenvalue weighted by atomic mass is 10.3. The zero-order valence-electron chi connectivity index (χ0n) is 8.68. The maximum Gasteiger partial charge on any atom is 0.332 e. The summed E-state index contributed by atoms with van der Waals surface area (Å²) in [4.78, 5) is 25.6. The molecular formula is C10H10ClNO5. The molecule has 1 amide bonds. The summed E-state index contributed by atoms with van der Waals surface area (Å²) in [5.41, 5.74) is 1.92. The van der Waals surface area contributed by atoms with E-state index in [1.807, 2.05) is 5.48 Å². The summed E-state index contributed by atoms with van der Waals surface area (Å²) in [5.74, 6) is -1.42. The number of hydrogen-bond donors (Lipinski definition) is 2. The fraction of sp³-hybridized carbons (Fsp3) is 0.200. The lowest BCUT2D eigenvalue weighted by Crippen LogP contribution is -2.30. The number of aliphatic carboxylic acids is 1. The Hall–Kier alpha value is -1.79. The highest BCUT2D eigenvalue weighted by Gasteiger charge is 2.06. The molecule has 1 aromatic carbocycles. The van der Waals surface area contributed by atoms with Crippen molar-refractivity contribution in [3.63, 3.8) is 0 Å². The highest BCUT2D eigenvalue weighted by molar-refractivity contribution is 6.32. The molecule has 0 aliphatic carbocycles. The number of carbonyl (C=O) groups excluding carboxylic acids is 1. The summed E-state index contributed by atoms with van der Waals surface area (Å²) in [6.07, 6.45) is 0. The van der Waals surface area contributed by atoms with Crippen molar-refractivity contribution >= 4 is 23.5 Å². The van der Waals surface area contributed by atoms with Gasteiger partial charge in [-0.15, -0.1) is 0 Å². The van der Waals surface area contributed by atoms with Gasteiger partial charge >= 0.3 is 5.97 Å². The van der Waals surface area contributed by atoms with Gasteiger partial charge < -0.3 is 9.84 Å². The van der Waals surface area contributed by atoms with E-state index in [0.29, 0.717) is 10.8 Å². The standard InChI is InChI=1S/C10H10ClNO5/c11-7-3-1-2-4-8(7)16-5-9(13)12-17-6-10(14)15/h1-4H,5-6H2,(H,12,13)(H,14,15). The minimum Gasteiger partial charge on any atom is -0.482 e. The second kappa shape index (κ2) is 6.72. The number of halogens is 1. The molecule has 0 bridgehead atoms. The first-order valence-corrected chi connectivity index (χ1v) is 4.97. The smallest absolute Gasteiger partial charge is 0.332 e. The molecule has 92 valence electrons. The van der Waals surface area contributed by atoms with Gasteiger partial charge in [0.2, 0.25) is 0 Å². The van der Waals surface area contributed by atoms with Gasteiger partial charge in [0, 0.05) is 0 Å². The van der Waals surface area contributed by atoms with Gasteiger partial charge in [0.15, 0.2) is 13.2 Å². The summed E-state index contributed by atoms with van der Waals surface area (Å²) in [6, 6.07) is 6.66. The third-order valence-corrected chi connectivity index (χ3v) is 1.89. The Morgan fingerprint density at radius 1 is 1.29 bits per heavy atom. The predicted molar refractivity (Wildman–Crippen MR) is 58.7 cm³/mol. The maximum absolute atomic E-state index is 11.1. The first-order valence-electron chi connectivity index (χ1n) is 4.59. The maximum atomic E-state index is 11.1. The molecule has 0 fully saturated rings. The van der Waals surface area contributed by atoms with Crippen molar-refractivity contribution in [1.82, 2.24) is 5.48 Å². The quantitative estimate of drug-likeness (QED) is 0.740. The van der Waals surface area contributed by atoms with Gasteiger partial charge in [-0.3, -0.25) is 9.63 Å². The average Bonchev–Trinajstić information content (AvgIpc) is 2.27. The minimum absolute atomic E-state index is 0.316. The molecule has 0 unspecified atom stereocenters. The summed E-state index contributed by atoms with van der Waals surface area (Å²) in [6.45, 7) is -0.929.